The molecule has 246 valence electrons. The average Bonchev–Trinajstić information content (AvgIpc) is 3.56. The number of rotatable bonds is 8. The maximum atomic E-state index is 4.78. The van der Waals surface area contributed by atoms with Crippen molar-refractivity contribution in [3.8, 4) is 11.1 Å². The van der Waals surface area contributed by atoms with Gasteiger partial charge in [0.05, 0.1) is 11.1 Å². The number of hydrogen-bond acceptors (Lipinski definition) is 1. The average molecular weight is 664 g/mol. The van der Waals surface area contributed by atoms with Gasteiger partial charge in [0.25, 0.3) is 0 Å². The molecule has 1 aliphatic carbocycles. The van der Waals surface area contributed by atoms with Crippen molar-refractivity contribution in [3.05, 3.63) is 247 Å². The van der Waals surface area contributed by atoms with Gasteiger partial charge >= 0.3 is 0 Å². The van der Waals surface area contributed by atoms with Gasteiger partial charge in [-0.25, -0.2) is 0 Å². The summed E-state index contributed by atoms with van der Waals surface area (Å²) in [6.07, 6.45) is 6.89. The van der Waals surface area contributed by atoms with E-state index in [1.54, 1.807) is 0 Å². The van der Waals surface area contributed by atoms with Crippen molar-refractivity contribution < 1.29 is 0 Å². The summed E-state index contributed by atoms with van der Waals surface area (Å²) < 4.78 is 0. The molecule has 0 saturated carbocycles. The molecule has 8 aromatic carbocycles. The van der Waals surface area contributed by atoms with Crippen molar-refractivity contribution >= 4 is 38.5 Å². The Balaban J connectivity index is 1.22. The van der Waals surface area contributed by atoms with Crippen molar-refractivity contribution in [3.63, 3.8) is 0 Å². The molecule has 0 aromatic heterocycles. The van der Waals surface area contributed by atoms with Gasteiger partial charge in [-0.3, -0.25) is 0 Å². The monoisotopic (exact) mass is 663 g/mol. The fourth-order valence-corrected chi connectivity index (χ4v) is 8.05. The highest BCUT2D eigenvalue weighted by Gasteiger charge is 2.40. The van der Waals surface area contributed by atoms with Gasteiger partial charge in [-0.15, -0.1) is 0 Å². The second-order valence-corrected chi connectivity index (χ2v) is 13.4. The van der Waals surface area contributed by atoms with E-state index in [4.69, 9.17) is 6.58 Å². The summed E-state index contributed by atoms with van der Waals surface area (Å²) in [5, 5.41) is 4.84. The fourth-order valence-electron chi connectivity index (χ4n) is 8.05. The lowest BCUT2D eigenvalue weighted by molar-refractivity contribution is 0.794. The first kappa shape index (κ1) is 31.3. The van der Waals surface area contributed by atoms with Gasteiger partial charge in [0.1, 0.15) is 0 Å². The summed E-state index contributed by atoms with van der Waals surface area (Å²) in [5.41, 5.74) is 11.1. The normalized spacial score (nSPS) is 13.3. The number of hydrogen-bond donors (Lipinski definition) is 0. The molecule has 0 unspecified atom stereocenters. The highest BCUT2D eigenvalue weighted by molar-refractivity contribution is 6.14. The summed E-state index contributed by atoms with van der Waals surface area (Å²) >= 11 is 0. The van der Waals surface area contributed by atoms with E-state index >= 15 is 0 Å². The Bertz CT molecular complexity index is 2590. The molecule has 0 saturated heterocycles. The van der Waals surface area contributed by atoms with Crippen LogP contribution < -0.4 is 4.90 Å². The summed E-state index contributed by atoms with van der Waals surface area (Å²) in [4.78, 5) is 2.32. The standard InChI is InChI=1S/C51H37N/c1-37(32-33-41-36-51(42-22-7-3-8-23-42,43-24-9-4-10-25-43)49-31-16-15-28-46(41)49)52(44-26-17-21-39(34-44)38-18-5-2-6-19-38)50-35-40-20-11-12-27-45(40)47-29-13-14-30-48(47)50/h2-36H,1H2/b33-32-. The molecular formula is C51H37N. The molecule has 0 N–H and O–H groups in total. The van der Waals surface area contributed by atoms with Crippen LogP contribution in [0.4, 0.5) is 11.4 Å². The van der Waals surface area contributed by atoms with E-state index in [0.717, 1.165) is 22.6 Å². The molecule has 0 atom stereocenters. The fraction of sp³-hybridized carbons (Fsp3) is 0.0196. The SMILES string of the molecule is C=C(/C=C\C1=CC(c2ccccc2)(c2ccccc2)c2ccccc21)N(c1cccc(-c2ccccc2)c1)c1cc2ccccc2c2ccccc12. The molecule has 0 amide bonds. The number of fused-ring (bicyclic) bond motifs is 4. The largest absolute Gasteiger partial charge is 0.310 e. The Hall–Kier alpha value is -6.70. The molecule has 1 aliphatic rings. The number of allylic oxidation sites excluding steroid dienone is 4. The molecule has 0 radical (unpaired) electrons. The molecular weight excluding hydrogens is 627 g/mol. The summed E-state index contributed by atoms with van der Waals surface area (Å²) in [6.45, 7) is 4.78. The minimum Gasteiger partial charge on any atom is -0.310 e. The van der Waals surface area contributed by atoms with Gasteiger partial charge < -0.3 is 4.90 Å². The maximum absolute atomic E-state index is 4.78. The van der Waals surface area contributed by atoms with E-state index in [1.165, 1.54) is 54.9 Å². The van der Waals surface area contributed by atoms with Crippen LogP contribution in [0.15, 0.2) is 225 Å². The predicted octanol–water partition coefficient (Wildman–Crippen LogP) is 13.3. The highest BCUT2D eigenvalue weighted by atomic mass is 15.1. The van der Waals surface area contributed by atoms with Crippen molar-refractivity contribution in [2.45, 2.75) is 5.41 Å². The van der Waals surface area contributed by atoms with E-state index in [2.05, 4.69) is 217 Å². The van der Waals surface area contributed by atoms with Crippen LogP contribution >= 0.6 is 0 Å². The lowest BCUT2D eigenvalue weighted by Crippen LogP contribution is -2.25. The summed E-state index contributed by atoms with van der Waals surface area (Å²) in [5.74, 6) is 0. The van der Waals surface area contributed by atoms with Crippen LogP contribution in [0.1, 0.15) is 22.3 Å². The lowest BCUT2D eigenvalue weighted by atomic mass is 9.71. The van der Waals surface area contributed by atoms with E-state index < -0.39 is 5.41 Å². The maximum Gasteiger partial charge on any atom is 0.0647 e. The van der Waals surface area contributed by atoms with E-state index in [0.29, 0.717) is 0 Å². The zero-order valence-electron chi connectivity index (χ0n) is 28.9. The van der Waals surface area contributed by atoms with E-state index in [1.807, 2.05) is 0 Å². The zero-order valence-corrected chi connectivity index (χ0v) is 28.9. The number of anilines is 2. The third-order valence-corrected chi connectivity index (χ3v) is 10.4. The van der Waals surface area contributed by atoms with Crippen LogP contribution in [0.25, 0.3) is 38.2 Å². The summed E-state index contributed by atoms with van der Waals surface area (Å²) in [7, 11) is 0. The third-order valence-electron chi connectivity index (χ3n) is 10.4. The van der Waals surface area contributed by atoms with Gasteiger partial charge in [-0.05, 0) is 79.4 Å². The van der Waals surface area contributed by atoms with Gasteiger partial charge in [0.15, 0.2) is 0 Å². The van der Waals surface area contributed by atoms with E-state index in [-0.39, 0.29) is 0 Å². The van der Waals surface area contributed by atoms with Gasteiger partial charge in [0, 0.05) is 16.8 Å². The molecule has 9 rings (SSSR count). The third kappa shape index (κ3) is 5.35. The van der Waals surface area contributed by atoms with Crippen LogP contribution in [0.5, 0.6) is 0 Å². The molecule has 1 heteroatoms. The minimum atomic E-state index is -0.418. The molecule has 52 heavy (non-hydrogen) atoms. The van der Waals surface area contributed by atoms with Crippen LogP contribution in [0.2, 0.25) is 0 Å². The first-order valence-electron chi connectivity index (χ1n) is 17.9. The van der Waals surface area contributed by atoms with E-state index in [9.17, 15) is 0 Å². The van der Waals surface area contributed by atoms with Gasteiger partial charge in [-0.1, -0.05) is 195 Å². The number of benzene rings is 8. The molecule has 8 aromatic rings. The van der Waals surface area contributed by atoms with Crippen molar-refractivity contribution in [1.29, 1.82) is 0 Å². The molecule has 0 heterocycles. The van der Waals surface area contributed by atoms with Crippen LogP contribution in [-0.4, -0.2) is 0 Å². The van der Waals surface area contributed by atoms with Crippen molar-refractivity contribution in [2.24, 2.45) is 0 Å². The zero-order chi connectivity index (χ0) is 34.9. The molecule has 0 bridgehead atoms. The topological polar surface area (TPSA) is 3.24 Å². The first-order chi connectivity index (χ1) is 25.7. The molecule has 0 fully saturated rings. The Morgan fingerprint density at radius 3 is 1.81 bits per heavy atom. The van der Waals surface area contributed by atoms with Gasteiger partial charge in [-0.2, -0.15) is 0 Å². The molecule has 1 nitrogen and oxygen atoms in total. The molecule has 0 aliphatic heterocycles. The second kappa shape index (κ2) is 13.2. The van der Waals surface area contributed by atoms with Crippen molar-refractivity contribution in [1.82, 2.24) is 0 Å². The van der Waals surface area contributed by atoms with Crippen LogP contribution in [0, 0.1) is 0 Å². The first-order valence-corrected chi connectivity index (χ1v) is 17.9. The van der Waals surface area contributed by atoms with Crippen molar-refractivity contribution in [2.75, 3.05) is 4.90 Å². The Labute approximate surface area is 305 Å². The quantitative estimate of drug-likeness (QED) is 0.116. The van der Waals surface area contributed by atoms with Gasteiger partial charge in [0.2, 0.25) is 0 Å². The lowest BCUT2D eigenvalue weighted by Gasteiger charge is -2.30. The Morgan fingerprint density at radius 2 is 1.08 bits per heavy atom. The predicted molar refractivity (Wildman–Crippen MR) is 221 cm³/mol. The second-order valence-electron chi connectivity index (χ2n) is 13.4. The molecule has 0 spiro atoms. The Kier molecular flexibility index (Phi) is 7.95. The minimum absolute atomic E-state index is 0.418. The Morgan fingerprint density at radius 1 is 0.500 bits per heavy atom. The highest BCUT2D eigenvalue weighted by Crippen LogP contribution is 2.50. The summed E-state index contributed by atoms with van der Waals surface area (Å²) in [6, 6.07) is 69.6. The smallest absolute Gasteiger partial charge is 0.0647 e. The van der Waals surface area contributed by atoms with Crippen LogP contribution in [0.3, 0.4) is 0 Å². The number of nitrogens with zero attached hydrogens (tertiary/aromatic N) is 1. The van der Waals surface area contributed by atoms with Crippen LogP contribution in [-0.2, 0) is 5.41 Å².